The van der Waals surface area contributed by atoms with Gasteiger partial charge in [-0.1, -0.05) is 103 Å². The van der Waals surface area contributed by atoms with Gasteiger partial charge in [-0.2, -0.15) is 36.4 Å². The van der Waals surface area contributed by atoms with Crippen LogP contribution < -0.4 is 0 Å². The van der Waals surface area contributed by atoms with Crippen molar-refractivity contribution < 1.29 is 32.7 Å². The first-order valence-electron chi connectivity index (χ1n) is 13.0. The van der Waals surface area contributed by atoms with Crippen LogP contribution in [-0.4, -0.2) is 0 Å². The molecule has 0 aliphatic heterocycles. The van der Waals surface area contributed by atoms with E-state index in [-0.39, 0.29) is 32.7 Å². The van der Waals surface area contributed by atoms with Crippen LogP contribution in [0.2, 0.25) is 0 Å². The third-order valence-corrected chi connectivity index (χ3v) is 7.29. The fourth-order valence-electron chi connectivity index (χ4n) is 5.54. The van der Waals surface area contributed by atoms with Crippen LogP contribution >= 0.6 is 0 Å². The molecule has 0 unspecified atom stereocenters. The summed E-state index contributed by atoms with van der Waals surface area (Å²) < 4.78 is 0. The predicted octanol–water partition coefficient (Wildman–Crippen LogP) is 10.3. The van der Waals surface area contributed by atoms with Crippen molar-refractivity contribution >= 4 is 21.5 Å². The van der Waals surface area contributed by atoms with Gasteiger partial charge in [0.05, 0.1) is 0 Å². The van der Waals surface area contributed by atoms with Crippen molar-refractivity contribution in [2.24, 2.45) is 0 Å². The molecule has 0 aliphatic rings. The zero-order chi connectivity index (χ0) is 25.3. The van der Waals surface area contributed by atoms with Gasteiger partial charge in [0.15, 0.2) is 0 Å². The van der Waals surface area contributed by atoms with Crippen molar-refractivity contribution in [1.82, 2.24) is 0 Å². The maximum Gasteiger partial charge on any atom is 0 e. The fourth-order valence-corrected chi connectivity index (χ4v) is 5.54. The fraction of sp³-hybridized carbons (Fsp3) is 0. The van der Waals surface area contributed by atoms with E-state index in [0.29, 0.717) is 0 Å². The Hall–Kier alpha value is -3.84. The van der Waals surface area contributed by atoms with Crippen molar-refractivity contribution in [3.8, 4) is 44.5 Å². The molecule has 0 saturated heterocycles. The minimum atomic E-state index is 0. The number of rotatable bonds is 4. The van der Waals surface area contributed by atoms with E-state index in [1.54, 1.807) is 0 Å². The van der Waals surface area contributed by atoms with Crippen molar-refractivity contribution in [3.63, 3.8) is 0 Å². The van der Waals surface area contributed by atoms with Crippen molar-refractivity contribution in [2.75, 3.05) is 0 Å². The largest absolute Gasteiger partial charge is 0.226 e. The number of hydrogen-bond acceptors (Lipinski definition) is 0. The van der Waals surface area contributed by atoms with Crippen LogP contribution in [0.15, 0.2) is 146 Å². The molecule has 0 saturated carbocycles. The molecule has 39 heavy (non-hydrogen) atoms. The van der Waals surface area contributed by atoms with Gasteiger partial charge < -0.3 is 0 Å². The zero-order valence-corrected chi connectivity index (χ0v) is 24.3. The van der Waals surface area contributed by atoms with Gasteiger partial charge in [-0.05, 0) is 55.4 Å². The van der Waals surface area contributed by atoms with Crippen molar-refractivity contribution in [2.45, 2.75) is 0 Å². The van der Waals surface area contributed by atoms with E-state index in [4.69, 9.17) is 0 Å². The second kappa shape index (κ2) is 11.1. The summed E-state index contributed by atoms with van der Waals surface area (Å²) in [5.41, 5.74) is 9.48. The molecule has 0 atom stereocenters. The summed E-state index contributed by atoms with van der Waals surface area (Å²) in [6.07, 6.45) is 0. The molecular weight excluding hydrogens is 545 g/mol. The molecule has 7 aromatic carbocycles. The molecule has 0 aromatic heterocycles. The standard InChI is InChI=1S/C38H24.Y/c1-3-12-27(13-4-1)29-22-24-30(25-23-29)37-33-18-7-9-20-35(33)38(36-21-10-8-19-34(36)37)32-17-11-16-31(26-32)28-14-5-2-6-15-28;/h1-12,14-22,24-26H;/q-2;. The van der Waals surface area contributed by atoms with Gasteiger partial charge in [0, 0.05) is 32.7 Å². The average molecular weight is 570 g/mol. The molecular formula is C38H24Y-2. The molecule has 7 aromatic rings. The summed E-state index contributed by atoms with van der Waals surface area (Å²) in [6.45, 7) is 0. The summed E-state index contributed by atoms with van der Waals surface area (Å²) in [4.78, 5) is 0. The van der Waals surface area contributed by atoms with Gasteiger partial charge in [-0.15, -0.1) is 18.2 Å². The van der Waals surface area contributed by atoms with Gasteiger partial charge in [-0.3, -0.25) is 0 Å². The Morgan fingerprint density at radius 1 is 0.359 bits per heavy atom. The average Bonchev–Trinajstić information content (AvgIpc) is 3.01. The molecule has 0 fully saturated rings. The van der Waals surface area contributed by atoms with E-state index < -0.39 is 0 Å². The maximum atomic E-state index is 3.52. The number of hydrogen-bond donors (Lipinski definition) is 0. The molecule has 0 nitrogen and oxygen atoms in total. The van der Waals surface area contributed by atoms with Crippen molar-refractivity contribution in [3.05, 3.63) is 158 Å². The number of benzene rings is 7. The Morgan fingerprint density at radius 2 is 0.897 bits per heavy atom. The monoisotopic (exact) mass is 569 g/mol. The summed E-state index contributed by atoms with van der Waals surface area (Å²) in [5, 5.41) is 5.01. The Kier molecular flexibility index (Phi) is 7.25. The van der Waals surface area contributed by atoms with Crippen molar-refractivity contribution in [1.29, 1.82) is 0 Å². The topological polar surface area (TPSA) is 0 Å². The van der Waals surface area contributed by atoms with Crippen LogP contribution in [-0.2, 0) is 32.7 Å². The second-order valence-electron chi connectivity index (χ2n) is 9.56. The second-order valence-corrected chi connectivity index (χ2v) is 9.56. The number of fused-ring (bicyclic) bond motifs is 2. The Bertz CT molecular complexity index is 1830. The summed E-state index contributed by atoms with van der Waals surface area (Å²) in [5.74, 6) is 0. The molecule has 0 spiro atoms. The Morgan fingerprint density at radius 3 is 1.49 bits per heavy atom. The van der Waals surface area contributed by atoms with Gasteiger partial charge >= 0.3 is 0 Å². The van der Waals surface area contributed by atoms with Crippen LogP contribution in [0.3, 0.4) is 0 Å². The molecule has 0 aliphatic carbocycles. The zero-order valence-electron chi connectivity index (χ0n) is 21.4. The summed E-state index contributed by atoms with van der Waals surface area (Å²) in [7, 11) is 0. The van der Waals surface area contributed by atoms with Crippen LogP contribution in [0.5, 0.6) is 0 Å². The van der Waals surface area contributed by atoms with Gasteiger partial charge in [0.25, 0.3) is 0 Å². The molecule has 1 radical (unpaired) electrons. The molecule has 1 heteroatoms. The smallest absolute Gasteiger partial charge is 0 e. The van der Waals surface area contributed by atoms with Gasteiger partial charge in [0.2, 0.25) is 0 Å². The molecule has 0 amide bonds. The van der Waals surface area contributed by atoms with Gasteiger partial charge in [-0.25, -0.2) is 11.1 Å². The van der Waals surface area contributed by atoms with Crippen LogP contribution in [0, 0.1) is 12.1 Å². The maximum absolute atomic E-state index is 3.52. The summed E-state index contributed by atoms with van der Waals surface area (Å²) in [6, 6.07) is 58.5. The third-order valence-electron chi connectivity index (χ3n) is 7.29. The normalized spacial score (nSPS) is 10.9. The van der Waals surface area contributed by atoms with E-state index >= 15 is 0 Å². The minimum Gasteiger partial charge on any atom is -0.226 e. The van der Waals surface area contributed by atoms with Crippen LogP contribution in [0.1, 0.15) is 0 Å². The van der Waals surface area contributed by atoms with E-state index in [0.717, 1.165) is 11.1 Å². The minimum absolute atomic E-state index is 0. The molecule has 0 heterocycles. The Balaban J connectivity index is 0.00000277. The molecule has 0 N–H and O–H groups in total. The SMILES string of the molecule is [Y].[c-]1ccccc1-c1[c-]cc(-c2c3ccccc3c(-c3cccc(-c4ccccc4)c3)c3ccccc23)cc1. The van der Waals surface area contributed by atoms with E-state index in [2.05, 4.69) is 140 Å². The van der Waals surface area contributed by atoms with E-state index in [1.165, 1.54) is 54.9 Å². The Labute approximate surface area is 254 Å². The quantitative estimate of drug-likeness (QED) is 0.146. The third kappa shape index (κ3) is 4.76. The predicted molar refractivity (Wildman–Crippen MR) is 161 cm³/mol. The first kappa shape index (κ1) is 25.4. The molecule has 0 bridgehead atoms. The van der Waals surface area contributed by atoms with Crippen LogP contribution in [0.25, 0.3) is 66.1 Å². The first-order chi connectivity index (χ1) is 18.9. The molecule has 7 rings (SSSR count). The molecule has 181 valence electrons. The van der Waals surface area contributed by atoms with E-state index in [1.807, 2.05) is 18.2 Å². The van der Waals surface area contributed by atoms with Crippen LogP contribution in [0.4, 0.5) is 0 Å². The summed E-state index contributed by atoms with van der Waals surface area (Å²) >= 11 is 0. The first-order valence-corrected chi connectivity index (χ1v) is 13.0. The van der Waals surface area contributed by atoms with Gasteiger partial charge in [0.1, 0.15) is 0 Å². The van der Waals surface area contributed by atoms with E-state index in [9.17, 15) is 0 Å².